The van der Waals surface area contributed by atoms with Gasteiger partial charge in [0.2, 0.25) is 0 Å². The lowest BCUT2D eigenvalue weighted by Gasteiger charge is -2.08. The largest absolute Gasteiger partial charge is 0.370 e. The molecule has 0 amide bonds. The molecule has 108 valence electrons. The fraction of sp³-hybridized carbons (Fsp3) is 0.733. The zero-order valence-electron chi connectivity index (χ0n) is 12.4. The number of unbranched alkanes of at least 4 members (excludes halogenated alkanes) is 5. The molecule has 0 saturated heterocycles. The lowest BCUT2D eigenvalue weighted by atomic mass is 10.1. The van der Waals surface area contributed by atoms with Crippen LogP contribution in [0, 0.1) is 0 Å². The van der Waals surface area contributed by atoms with E-state index in [0.717, 1.165) is 31.1 Å². The van der Waals surface area contributed by atoms with Crippen LogP contribution in [0.25, 0.3) is 0 Å². The second-order valence-electron chi connectivity index (χ2n) is 4.91. The SMILES string of the molecule is CCCCCCCCNc1cc(NCCC)ncn1. The van der Waals surface area contributed by atoms with Gasteiger partial charge in [0.25, 0.3) is 0 Å². The summed E-state index contributed by atoms with van der Waals surface area (Å²) < 4.78 is 0. The van der Waals surface area contributed by atoms with Crippen molar-refractivity contribution in [3.05, 3.63) is 12.4 Å². The molecular formula is C15H28N4. The van der Waals surface area contributed by atoms with Crippen LogP contribution in [0.2, 0.25) is 0 Å². The second kappa shape index (κ2) is 10.6. The van der Waals surface area contributed by atoms with E-state index in [1.807, 2.05) is 6.07 Å². The third-order valence-corrected chi connectivity index (χ3v) is 3.06. The van der Waals surface area contributed by atoms with Crippen molar-refractivity contribution in [1.82, 2.24) is 9.97 Å². The molecule has 0 aliphatic rings. The molecule has 4 heteroatoms. The van der Waals surface area contributed by atoms with Crippen molar-refractivity contribution < 1.29 is 0 Å². The molecule has 19 heavy (non-hydrogen) atoms. The Labute approximate surface area is 117 Å². The van der Waals surface area contributed by atoms with Crippen LogP contribution in [0.3, 0.4) is 0 Å². The molecule has 0 saturated carbocycles. The Bertz CT molecular complexity index is 328. The van der Waals surface area contributed by atoms with Crippen LogP contribution < -0.4 is 10.6 Å². The fourth-order valence-electron chi connectivity index (χ4n) is 1.93. The summed E-state index contributed by atoms with van der Waals surface area (Å²) in [7, 11) is 0. The lowest BCUT2D eigenvalue weighted by Crippen LogP contribution is -2.06. The Morgan fingerprint density at radius 3 is 2.11 bits per heavy atom. The average Bonchev–Trinajstić information content (AvgIpc) is 2.44. The number of nitrogens with zero attached hydrogens (tertiary/aromatic N) is 2. The topological polar surface area (TPSA) is 49.8 Å². The van der Waals surface area contributed by atoms with Crippen molar-refractivity contribution in [1.29, 1.82) is 0 Å². The minimum atomic E-state index is 0.905. The third-order valence-electron chi connectivity index (χ3n) is 3.06. The smallest absolute Gasteiger partial charge is 0.131 e. The maximum Gasteiger partial charge on any atom is 0.131 e. The Kier molecular flexibility index (Phi) is 8.77. The maximum absolute atomic E-state index is 4.23. The first kappa shape index (κ1) is 15.7. The molecule has 0 spiro atoms. The minimum Gasteiger partial charge on any atom is -0.370 e. The highest BCUT2D eigenvalue weighted by molar-refractivity contribution is 5.46. The maximum atomic E-state index is 4.23. The standard InChI is InChI=1S/C15H28N4/c1-3-5-6-7-8-9-11-17-15-12-14(16-10-4-2)18-13-19-15/h12-13H,3-11H2,1-2H3,(H2,16,17,18,19). The molecule has 1 aromatic heterocycles. The van der Waals surface area contributed by atoms with Gasteiger partial charge in [-0.25, -0.2) is 9.97 Å². The van der Waals surface area contributed by atoms with Gasteiger partial charge in [-0.15, -0.1) is 0 Å². The van der Waals surface area contributed by atoms with Crippen molar-refractivity contribution in [2.45, 2.75) is 58.8 Å². The normalized spacial score (nSPS) is 10.4. The van der Waals surface area contributed by atoms with Crippen LogP contribution in [0.4, 0.5) is 11.6 Å². The van der Waals surface area contributed by atoms with Crippen molar-refractivity contribution in [3.8, 4) is 0 Å². The number of anilines is 2. The Balaban J connectivity index is 2.14. The Hall–Kier alpha value is -1.32. The summed E-state index contributed by atoms with van der Waals surface area (Å²) in [5.41, 5.74) is 0. The predicted molar refractivity (Wildman–Crippen MR) is 82.7 cm³/mol. The van der Waals surface area contributed by atoms with Gasteiger partial charge < -0.3 is 10.6 Å². The quantitative estimate of drug-likeness (QED) is 0.591. The third kappa shape index (κ3) is 7.65. The van der Waals surface area contributed by atoms with E-state index in [-0.39, 0.29) is 0 Å². The molecule has 0 aromatic carbocycles. The summed E-state index contributed by atoms with van der Waals surface area (Å²) in [5, 5.41) is 6.63. The zero-order valence-corrected chi connectivity index (χ0v) is 12.4. The van der Waals surface area contributed by atoms with Gasteiger partial charge in [0, 0.05) is 19.2 Å². The number of aromatic nitrogens is 2. The lowest BCUT2D eigenvalue weighted by molar-refractivity contribution is 0.617. The van der Waals surface area contributed by atoms with E-state index in [1.54, 1.807) is 6.33 Å². The highest BCUT2D eigenvalue weighted by Gasteiger charge is 1.97. The number of hydrogen-bond acceptors (Lipinski definition) is 4. The predicted octanol–water partition coefficient (Wildman–Crippen LogP) is 4.07. The van der Waals surface area contributed by atoms with Gasteiger partial charge in [-0.3, -0.25) is 0 Å². The van der Waals surface area contributed by atoms with Crippen LogP contribution in [0.1, 0.15) is 58.8 Å². The van der Waals surface area contributed by atoms with Gasteiger partial charge in [-0.2, -0.15) is 0 Å². The summed E-state index contributed by atoms with van der Waals surface area (Å²) in [6.07, 6.45) is 10.6. The molecule has 0 bridgehead atoms. The molecule has 1 rings (SSSR count). The second-order valence-corrected chi connectivity index (χ2v) is 4.91. The summed E-state index contributed by atoms with van der Waals surface area (Å²) >= 11 is 0. The average molecular weight is 264 g/mol. The van der Waals surface area contributed by atoms with Gasteiger partial charge in [0.15, 0.2) is 0 Å². The van der Waals surface area contributed by atoms with Crippen LogP contribution in [-0.4, -0.2) is 23.1 Å². The first-order chi connectivity index (χ1) is 9.36. The zero-order chi connectivity index (χ0) is 13.8. The summed E-state index contributed by atoms with van der Waals surface area (Å²) in [6, 6.07) is 1.98. The molecule has 4 nitrogen and oxygen atoms in total. The van der Waals surface area contributed by atoms with Crippen LogP contribution >= 0.6 is 0 Å². The molecule has 0 radical (unpaired) electrons. The number of hydrogen-bond donors (Lipinski definition) is 2. The first-order valence-electron chi connectivity index (χ1n) is 7.66. The van der Waals surface area contributed by atoms with Gasteiger partial charge >= 0.3 is 0 Å². The molecular weight excluding hydrogens is 236 g/mol. The molecule has 2 N–H and O–H groups in total. The highest BCUT2D eigenvalue weighted by Crippen LogP contribution is 2.09. The van der Waals surface area contributed by atoms with Gasteiger partial charge in [-0.1, -0.05) is 46.0 Å². The summed E-state index contributed by atoms with van der Waals surface area (Å²) in [5.74, 6) is 1.82. The van der Waals surface area contributed by atoms with Gasteiger partial charge in [-0.05, 0) is 12.8 Å². The van der Waals surface area contributed by atoms with E-state index in [9.17, 15) is 0 Å². The fourth-order valence-corrected chi connectivity index (χ4v) is 1.93. The molecule has 0 aliphatic heterocycles. The molecule has 0 fully saturated rings. The number of rotatable bonds is 11. The monoisotopic (exact) mass is 264 g/mol. The van der Waals surface area contributed by atoms with E-state index in [4.69, 9.17) is 0 Å². The van der Waals surface area contributed by atoms with Gasteiger partial charge in [0.05, 0.1) is 0 Å². The van der Waals surface area contributed by atoms with Crippen molar-refractivity contribution in [2.75, 3.05) is 23.7 Å². The molecule has 1 heterocycles. The minimum absolute atomic E-state index is 0.905. The Morgan fingerprint density at radius 2 is 1.42 bits per heavy atom. The van der Waals surface area contributed by atoms with Crippen molar-refractivity contribution in [2.24, 2.45) is 0 Å². The van der Waals surface area contributed by atoms with Crippen LogP contribution in [0.15, 0.2) is 12.4 Å². The molecule has 1 aromatic rings. The van der Waals surface area contributed by atoms with E-state index in [1.165, 1.54) is 38.5 Å². The van der Waals surface area contributed by atoms with Gasteiger partial charge in [0.1, 0.15) is 18.0 Å². The first-order valence-corrected chi connectivity index (χ1v) is 7.66. The summed E-state index contributed by atoms with van der Waals surface area (Å²) in [6.45, 7) is 6.34. The van der Waals surface area contributed by atoms with E-state index >= 15 is 0 Å². The summed E-state index contributed by atoms with van der Waals surface area (Å²) in [4.78, 5) is 8.43. The van der Waals surface area contributed by atoms with Crippen LogP contribution in [0.5, 0.6) is 0 Å². The highest BCUT2D eigenvalue weighted by atomic mass is 15.1. The van der Waals surface area contributed by atoms with E-state index in [2.05, 4.69) is 34.4 Å². The van der Waals surface area contributed by atoms with E-state index < -0.39 is 0 Å². The van der Waals surface area contributed by atoms with Crippen molar-refractivity contribution in [3.63, 3.8) is 0 Å². The molecule has 0 unspecified atom stereocenters. The molecule has 0 aliphatic carbocycles. The molecule has 0 atom stereocenters. The van der Waals surface area contributed by atoms with Crippen LogP contribution in [-0.2, 0) is 0 Å². The Morgan fingerprint density at radius 1 is 0.789 bits per heavy atom. The van der Waals surface area contributed by atoms with E-state index in [0.29, 0.717) is 0 Å². The van der Waals surface area contributed by atoms with Crippen molar-refractivity contribution >= 4 is 11.6 Å². The number of nitrogens with one attached hydrogen (secondary N) is 2.